The SMILES string of the molecule is CCOc1cc(/C=N/NC(=O)Cc2ccc(F)cc2)c(Cl)cc1OC. The molecule has 0 fully saturated rings. The third-order valence-electron chi connectivity index (χ3n) is 3.25. The minimum atomic E-state index is -0.346. The zero-order chi connectivity index (χ0) is 18.2. The highest BCUT2D eigenvalue weighted by molar-refractivity contribution is 6.33. The normalized spacial score (nSPS) is 10.7. The standard InChI is InChI=1S/C18H18ClFN2O3/c1-3-25-17-9-13(15(19)10-16(17)24-2)11-21-22-18(23)8-12-4-6-14(20)7-5-12/h4-7,9-11H,3,8H2,1-2H3,(H,22,23)/b21-11+. The molecule has 1 amide bonds. The fourth-order valence-electron chi connectivity index (χ4n) is 2.08. The Hall–Kier alpha value is -2.60. The number of nitrogens with zero attached hydrogens (tertiary/aromatic N) is 1. The molecular weight excluding hydrogens is 347 g/mol. The van der Waals surface area contributed by atoms with Crippen molar-refractivity contribution in [1.82, 2.24) is 5.43 Å². The van der Waals surface area contributed by atoms with Crippen LogP contribution < -0.4 is 14.9 Å². The van der Waals surface area contributed by atoms with Crippen LogP contribution in [0.25, 0.3) is 0 Å². The molecule has 0 bridgehead atoms. The van der Waals surface area contributed by atoms with Crippen molar-refractivity contribution in [1.29, 1.82) is 0 Å². The molecule has 0 saturated carbocycles. The summed E-state index contributed by atoms with van der Waals surface area (Å²) in [6, 6.07) is 9.01. The average molecular weight is 365 g/mol. The quantitative estimate of drug-likeness (QED) is 0.603. The molecule has 0 atom stereocenters. The number of nitrogens with one attached hydrogen (secondary N) is 1. The summed E-state index contributed by atoms with van der Waals surface area (Å²) in [5, 5.41) is 4.31. The van der Waals surface area contributed by atoms with E-state index in [4.69, 9.17) is 21.1 Å². The molecule has 0 aliphatic rings. The van der Waals surface area contributed by atoms with E-state index in [1.54, 1.807) is 24.3 Å². The summed E-state index contributed by atoms with van der Waals surface area (Å²) in [4.78, 5) is 11.8. The molecule has 7 heteroatoms. The Labute approximate surface area is 150 Å². The lowest BCUT2D eigenvalue weighted by atomic mass is 10.1. The molecule has 0 radical (unpaired) electrons. The molecule has 1 N–H and O–H groups in total. The fraction of sp³-hybridized carbons (Fsp3) is 0.222. The number of benzene rings is 2. The topological polar surface area (TPSA) is 59.9 Å². The maximum atomic E-state index is 12.8. The monoisotopic (exact) mass is 364 g/mol. The van der Waals surface area contributed by atoms with Crippen LogP contribution in [0.2, 0.25) is 5.02 Å². The van der Waals surface area contributed by atoms with E-state index < -0.39 is 0 Å². The van der Waals surface area contributed by atoms with Crippen LogP contribution in [0, 0.1) is 5.82 Å². The van der Waals surface area contributed by atoms with Gasteiger partial charge in [0.15, 0.2) is 11.5 Å². The number of halogens is 2. The summed E-state index contributed by atoms with van der Waals surface area (Å²) in [5.74, 6) is 0.386. The summed E-state index contributed by atoms with van der Waals surface area (Å²) in [5.41, 5.74) is 3.67. The van der Waals surface area contributed by atoms with Crippen molar-refractivity contribution in [3.05, 3.63) is 58.4 Å². The lowest BCUT2D eigenvalue weighted by Gasteiger charge is -2.11. The number of carbonyl (C=O) groups is 1. The Morgan fingerprint density at radius 1 is 1.28 bits per heavy atom. The highest BCUT2D eigenvalue weighted by Crippen LogP contribution is 2.32. The van der Waals surface area contributed by atoms with Gasteiger partial charge in [-0.15, -0.1) is 0 Å². The largest absolute Gasteiger partial charge is 0.493 e. The van der Waals surface area contributed by atoms with E-state index >= 15 is 0 Å². The molecular formula is C18H18ClFN2O3. The van der Waals surface area contributed by atoms with E-state index in [0.717, 1.165) is 0 Å². The first-order valence-electron chi connectivity index (χ1n) is 7.60. The first-order valence-corrected chi connectivity index (χ1v) is 7.98. The number of methoxy groups -OCH3 is 1. The Kier molecular flexibility index (Phi) is 6.77. The van der Waals surface area contributed by atoms with Gasteiger partial charge >= 0.3 is 0 Å². The second-order valence-electron chi connectivity index (χ2n) is 5.05. The predicted octanol–water partition coefficient (Wildman–Crippen LogP) is 3.58. The molecule has 0 unspecified atom stereocenters. The molecule has 0 heterocycles. The van der Waals surface area contributed by atoms with Crippen molar-refractivity contribution < 1.29 is 18.7 Å². The molecule has 0 aromatic heterocycles. The second kappa shape index (κ2) is 9.03. The van der Waals surface area contributed by atoms with Gasteiger partial charge in [0.1, 0.15) is 5.82 Å². The molecule has 0 saturated heterocycles. The van der Waals surface area contributed by atoms with Gasteiger partial charge in [0.05, 0.1) is 31.4 Å². The van der Waals surface area contributed by atoms with E-state index in [-0.39, 0.29) is 18.1 Å². The minimum Gasteiger partial charge on any atom is -0.493 e. The molecule has 132 valence electrons. The van der Waals surface area contributed by atoms with Crippen LogP contribution in [-0.4, -0.2) is 25.8 Å². The van der Waals surface area contributed by atoms with Gasteiger partial charge in [-0.1, -0.05) is 23.7 Å². The maximum absolute atomic E-state index is 12.8. The number of ether oxygens (including phenoxy) is 2. The summed E-state index contributed by atoms with van der Waals surface area (Å²) in [6.45, 7) is 2.33. The van der Waals surface area contributed by atoms with Crippen molar-refractivity contribution in [3.63, 3.8) is 0 Å². The number of rotatable bonds is 7. The van der Waals surface area contributed by atoms with Gasteiger partial charge in [-0.2, -0.15) is 5.10 Å². The van der Waals surface area contributed by atoms with Crippen LogP contribution in [-0.2, 0) is 11.2 Å². The van der Waals surface area contributed by atoms with Gasteiger partial charge in [-0.3, -0.25) is 4.79 Å². The number of carbonyl (C=O) groups excluding carboxylic acids is 1. The molecule has 2 rings (SSSR count). The zero-order valence-corrected chi connectivity index (χ0v) is 14.6. The average Bonchev–Trinajstić information content (AvgIpc) is 2.59. The molecule has 2 aromatic rings. The Morgan fingerprint density at radius 3 is 2.64 bits per heavy atom. The van der Waals surface area contributed by atoms with Crippen LogP contribution in [0.15, 0.2) is 41.5 Å². The second-order valence-corrected chi connectivity index (χ2v) is 5.46. The maximum Gasteiger partial charge on any atom is 0.244 e. The summed E-state index contributed by atoms with van der Waals surface area (Å²) >= 11 is 6.17. The first-order chi connectivity index (χ1) is 12.0. The molecule has 0 spiro atoms. The van der Waals surface area contributed by atoms with Gasteiger partial charge in [0.2, 0.25) is 5.91 Å². The highest BCUT2D eigenvalue weighted by Gasteiger charge is 2.09. The summed E-state index contributed by atoms with van der Waals surface area (Å²) in [7, 11) is 1.53. The number of hydrazone groups is 1. The fourth-order valence-corrected chi connectivity index (χ4v) is 2.28. The van der Waals surface area contributed by atoms with Crippen molar-refractivity contribution >= 4 is 23.7 Å². The Morgan fingerprint density at radius 2 is 2.00 bits per heavy atom. The van der Waals surface area contributed by atoms with Gasteiger partial charge in [0.25, 0.3) is 0 Å². The predicted molar refractivity (Wildman–Crippen MR) is 95.0 cm³/mol. The van der Waals surface area contributed by atoms with Crippen LogP contribution in [0.1, 0.15) is 18.1 Å². The van der Waals surface area contributed by atoms with Crippen molar-refractivity contribution in [2.24, 2.45) is 5.10 Å². The van der Waals surface area contributed by atoms with Crippen molar-refractivity contribution in [2.45, 2.75) is 13.3 Å². The van der Waals surface area contributed by atoms with Crippen LogP contribution in [0.4, 0.5) is 4.39 Å². The Bertz CT molecular complexity index is 764. The van der Waals surface area contributed by atoms with Crippen LogP contribution in [0.5, 0.6) is 11.5 Å². The molecule has 5 nitrogen and oxygen atoms in total. The van der Waals surface area contributed by atoms with E-state index in [0.29, 0.717) is 34.3 Å². The molecule has 0 aliphatic carbocycles. The van der Waals surface area contributed by atoms with Crippen LogP contribution >= 0.6 is 11.6 Å². The smallest absolute Gasteiger partial charge is 0.244 e. The number of hydrogen-bond donors (Lipinski definition) is 1. The Balaban J connectivity index is 2.02. The number of hydrogen-bond acceptors (Lipinski definition) is 4. The van der Waals surface area contributed by atoms with Crippen LogP contribution in [0.3, 0.4) is 0 Å². The summed E-state index contributed by atoms with van der Waals surface area (Å²) < 4.78 is 23.5. The zero-order valence-electron chi connectivity index (χ0n) is 13.9. The van der Waals surface area contributed by atoms with Gasteiger partial charge in [-0.05, 0) is 30.7 Å². The van der Waals surface area contributed by atoms with Gasteiger partial charge in [0, 0.05) is 11.6 Å². The minimum absolute atomic E-state index is 0.0954. The molecule has 0 aliphatic heterocycles. The van der Waals surface area contributed by atoms with E-state index in [1.165, 1.54) is 25.5 Å². The third-order valence-corrected chi connectivity index (χ3v) is 3.58. The lowest BCUT2D eigenvalue weighted by Crippen LogP contribution is -2.19. The third kappa shape index (κ3) is 5.46. The van der Waals surface area contributed by atoms with Gasteiger partial charge < -0.3 is 9.47 Å². The highest BCUT2D eigenvalue weighted by atomic mass is 35.5. The summed E-state index contributed by atoms with van der Waals surface area (Å²) in [6.07, 6.45) is 1.52. The molecule has 2 aromatic carbocycles. The van der Waals surface area contributed by atoms with Crippen molar-refractivity contribution in [2.75, 3.05) is 13.7 Å². The first kappa shape index (κ1) is 18.7. The van der Waals surface area contributed by atoms with E-state index in [1.807, 2.05) is 6.92 Å². The van der Waals surface area contributed by atoms with Crippen molar-refractivity contribution in [3.8, 4) is 11.5 Å². The van der Waals surface area contributed by atoms with E-state index in [2.05, 4.69) is 10.5 Å². The molecule has 25 heavy (non-hydrogen) atoms. The number of amides is 1. The van der Waals surface area contributed by atoms with E-state index in [9.17, 15) is 9.18 Å². The lowest BCUT2D eigenvalue weighted by molar-refractivity contribution is -0.120. The van der Waals surface area contributed by atoms with Gasteiger partial charge in [-0.25, -0.2) is 9.82 Å².